The monoisotopic (exact) mass is 258 g/mol. The molecule has 19 heavy (non-hydrogen) atoms. The lowest BCUT2D eigenvalue weighted by Gasteiger charge is -2.06. The molecular formula is C14H14N2O3. The smallest absolute Gasteiger partial charge is 0.289 e. The molecule has 0 atom stereocenters. The summed E-state index contributed by atoms with van der Waals surface area (Å²) in [5, 5.41) is 0.939. The third-order valence-electron chi connectivity index (χ3n) is 3.09. The van der Waals surface area contributed by atoms with E-state index in [1.54, 1.807) is 27.3 Å². The molecule has 0 unspecified atom stereocenters. The Bertz CT molecular complexity index is 768. The van der Waals surface area contributed by atoms with Gasteiger partial charge in [-0.25, -0.2) is 0 Å². The Labute approximate surface area is 109 Å². The van der Waals surface area contributed by atoms with Crippen LogP contribution in [-0.4, -0.2) is 37.0 Å². The predicted octanol–water partition coefficient (Wildman–Crippen LogP) is 2.62. The molecular weight excluding hydrogens is 244 g/mol. The minimum absolute atomic E-state index is 0.147. The van der Waals surface area contributed by atoms with Crippen LogP contribution >= 0.6 is 0 Å². The molecule has 0 aliphatic carbocycles. The quantitative estimate of drug-likeness (QED) is 0.768. The van der Waals surface area contributed by atoms with Gasteiger partial charge >= 0.3 is 0 Å². The van der Waals surface area contributed by atoms with Gasteiger partial charge in [-0.2, -0.15) is 0 Å². The number of furan rings is 1. The van der Waals surface area contributed by atoms with E-state index in [-0.39, 0.29) is 5.91 Å². The number of methoxy groups -OCH3 is 1. The number of aromatic amines is 1. The van der Waals surface area contributed by atoms with Crippen LogP contribution in [-0.2, 0) is 0 Å². The van der Waals surface area contributed by atoms with Crippen molar-refractivity contribution in [1.29, 1.82) is 0 Å². The summed E-state index contributed by atoms with van der Waals surface area (Å²) in [6.45, 7) is 0. The van der Waals surface area contributed by atoms with Crippen molar-refractivity contribution < 1.29 is 13.9 Å². The second-order valence-electron chi connectivity index (χ2n) is 4.59. The number of aromatic nitrogens is 1. The summed E-state index contributed by atoms with van der Waals surface area (Å²) in [4.78, 5) is 16.6. The van der Waals surface area contributed by atoms with E-state index >= 15 is 0 Å². The summed E-state index contributed by atoms with van der Waals surface area (Å²) in [6.07, 6.45) is 0. The van der Waals surface area contributed by atoms with Gasteiger partial charge in [0.15, 0.2) is 11.3 Å². The number of amides is 1. The lowest BCUT2D eigenvalue weighted by Crippen LogP contribution is -2.20. The lowest BCUT2D eigenvalue weighted by molar-refractivity contribution is 0.0799. The molecule has 0 fully saturated rings. The largest absolute Gasteiger partial charge is 0.497 e. The van der Waals surface area contributed by atoms with Crippen LogP contribution in [0, 0.1) is 0 Å². The number of benzene rings is 1. The zero-order chi connectivity index (χ0) is 13.6. The molecule has 1 N–H and O–H groups in total. The first-order valence-electron chi connectivity index (χ1n) is 5.91. The van der Waals surface area contributed by atoms with Crippen molar-refractivity contribution >= 4 is 27.9 Å². The Balaban J connectivity index is 2.17. The van der Waals surface area contributed by atoms with Crippen molar-refractivity contribution in [2.45, 2.75) is 0 Å². The summed E-state index contributed by atoms with van der Waals surface area (Å²) in [5.41, 5.74) is 2.44. The van der Waals surface area contributed by atoms with Crippen molar-refractivity contribution in [3.8, 4) is 5.75 Å². The molecule has 2 aromatic heterocycles. The van der Waals surface area contributed by atoms with E-state index in [1.165, 1.54) is 4.90 Å². The third-order valence-corrected chi connectivity index (χ3v) is 3.09. The van der Waals surface area contributed by atoms with E-state index in [4.69, 9.17) is 9.15 Å². The maximum absolute atomic E-state index is 11.8. The molecule has 5 heteroatoms. The van der Waals surface area contributed by atoms with Crippen LogP contribution in [0.2, 0.25) is 0 Å². The van der Waals surface area contributed by atoms with Crippen LogP contribution in [0.3, 0.4) is 0 Å². The molecule has 5 nitrogen and oxygen atoms in total. The fourth-order valence-corrected chi connectivity index (χ4v) is 2.11. The van der Waals surface area contributed by atoms with Gasteiger partial charge in [0, 0.05) is 31.6 Å². The van der Waals surface area contributed by atoms with Crippen molar-refractivity contribution in [2.24, 2.45) is 0 Å². The van der Waals surface area contributed by atoms with E-state index in [1.807, 2.05) is 18.2 Å². The number of carbonyl (C=O) groups excluding carboxylic acids is 1. The number of rotatable bonds is 2. The molecule has 0 bridgehead atoms. The van der Waals surface area contributed by atoms with Crippen LogP contribution < -0.4 is 4.74 Å². The third kappa shape index (κ3) is 1.74. The predicted molar refractivity (Wildman–Crippen MR) is 72.6 cm³/mol. The topological polar surface area (TPSA) is 58.5 Å². The van der Waals surface area contributed by atoms with E-state index in [0.29, 0.717) is 11.3 Å². The highest BCUT2D eigenvalue weighted by Gasteiger charge is 2.17. The molecule has 2 heterocycles. The molecule has 0 saturated heterocycles. The zero-order valence-electron chi connectivity index (χ0n) is 11.0. The van der Waals surface area contributed by atoms with Gasteiger partial charge in [-0.3, -0.25) is 4.79 Å². The first kappa shape index (κ1) is 11.6. The van der Waals surface area contributed by atoms with Gasteiger partial charge in [-0.05, 0) is 12.1 Å². The minimum atomic E-state index is -0.147. The SMILES string of the molecule is COc1ccc2c(c1)[nH]c1cc(C(=O)N(C)C)oc12. The van der Waals surface area contributed by atoms with Gasteiger partial charge in [0.05, 0.1) is 18.1 Å². The summed E-state index contributed by atoms with van der Waals surface area (Å²) in [5.74, 6) is 0.969. The Morgan fingerprint density at radius 1 is 1.26 bits per heavy atom. The Morgan fingerprint density at radius 2 is 2.05 bits per heavy atom. The second kappa shape index (κ2) is 4.05. The highest BCUT2D eigenvalue weighted by atomic mass is 16.5. The van der Waals surface area contributed by atoms with Gasteiger partial charge in [-0.1, -0.05) is 0 Å². The van der Waals surface area contributed by atoms with Crippen LogP contribution in [0.4, 0.5) is 0 Å². The number of H-pyrrole nitrogens is 1. The van der Waals surface area contributed by atoms with E-state index in [0.717, 1.165) is 22.2 Å². The van der Waals surface area contributed by atoms with Gasteiger partial charge in [-0.15, -0.1) is 0 Å². The Morgan fingerprint density at radius 3 is 2.74 bits per heavy atom. The van der Waals surface area contributed by atoms with Gasteiger partial charge in [0.1, 0.15) is 5.75 Å². The zero-order valence-corrected chi connectivity index (χ0v) is 11.0. The molecule has 0 spiro atoms. The van der Waals surface area contributed by atoms with Gasteiger partial charge < -0.3 is 19.0 Å². The first-order valence-corrected chi connectivity index (χ1v) is 5.91. The number of carbonyl (C=O) groups is 1. The highest BCUT2D eigenvalue weighted by molar-refractivity contribution is 6.07. The van der Waals surface area contributed by atoms with Crippen LogP contribution in [0.5, 0.6) is 5.75 Å². The molecule has 1 amide bonds. The Hall–Kier alpha value is -2.43. The molecule has 0 radical (unpaired) electrons. The molecule has 98 valence electrons. The number of hydrogen-bond acceptors (Lipinski definition) is 3. The minimum Gasteiger partial charge on any atom is -0.497 e. The summed E-state index contributed by atoms with van der Waals surface area (Å²) >= 11 is 0. The fourth-order valence-electron chi connectivity index (χ4n) is 2.11. The van der Waals surface area contributed by atoms with E-state index in [9.17, 15) is 4.79 Å². The molecule has 0 aliphatic heterocycles. The fraction of sp³-hybridized carbons (Fsp3) is 0.214. The molecule has 3 aromatic rings. The first-order chi connectivity index (χ1) is 9.10. The highest BCUT2D eigenvalue weighted by Crippen LogP contribution is 2.30. The van der Waals surface area contributed by atoms with Crippen molar-refractivity contribution in [3.63, 3.8) is 0 Å². The maximum atomic E-state index is 11.8. The number of nitrogens with one attached hydrogen (secondary N) is 1. The maximum Gasteiger partial charge on any atom is 0.289 e. The number of fused-ring (bicyclic) bond motifs is 3. The normalized spacial score (nSPS) is 11.1. The van der Waals surface area contributed by atoms with Crippen molar-refractivity contribution in [3.05, 3.63) is 30.0 Å². The lowest BCUT2D eigenvalue weighted by atomic mass is 10.2. The molecule has 0 aliphatic rings. The Kier molecular flexibility index (Phi) is 2.48. The van der Waals surface area contributed by atoms with Gasteiger partial charge in [0.2, 0.25) is 0 Å². The summed E-state index contributed by atoms with van der Waals surface area (Å²) in [6, 6.07) is 7.41. The van der Waals surface area contributed by atoms with Crippen molar-refractivity contribution in [2.75, 3.05) is 21.2 Å². The van der Waals surface area contributed by atoms with E-state index < -0.39 is 0 Å². The second-order valence-corrected chi connectivity index (χ2v) is 4.59. The van der Waals surface area contributed by atoms with Crippen LogP contribution in [0.25, 0.3) is 22.0 Å². The van der Waals surface area contributed by atoms with E-state index in [2.05, 4.69) is 4.98 Å². The van der Waals surface area contributed by atoms with Gasteiger partial charge in [0.25, 0.3) is 5.91 Å². The molecule has 1 aromatic carbocycles. The average molecular weight is 258 g/mol. The van der Waals surface area contributed by atoms with Crippen LogP contribution in [0.1, 0.15) is 10.6 Å². The number of ether oxygens (including phenoxy) is 1. The molecule has 0 saturated carbocycles. The standard InChI is InChI=1S/C14H14N2O3/c1-16(2)14(17)12-7-11-13(19-12)9-5-4-8(18-3)6-10(9)15-11/h4-7,15H,1-3H3. The number of hydrogen-bond donors (Lipinski definition) is 1. The van der Waals surface area contributed by atoms with Crippen molar-refractivity contribution in [1.82, 2.24) is 9.88 Å². The summed E-state index contributed by atoms with van der Waals surface area (Å²) in [7, 11) is 5.02. The molecule has 3 rings (SSSR count). The summed E-state index contributed by atoms with van der Waals surface area (Å²) < 4.78 is 10.8. The average Bonchev–Trinajstić information content (AvgIpc) is 2.93. The van der Waals surface area contributed by atoms with Crippen LogP contribution in [0.15, 0.2) is 28.7 Å². The number of nitrogens with zero attached hydrogens (tertiary/aromatic N) is 1.